The van der Waals surface area contributed by atoms with E-state index in [0.29, 0.717) is 25.7 Å². The maximum Gasteiger partial charge on any atom is 0.251 e. The van der Waals surface area contributed by atoms with E-state index in [2.05, 4.69) is 12.6 Å². The fraction of sp³-hybridized carbons (Fsp3) is 1.00. The molecule has 3 aliphatic heterocycles. The summed E-state index contributed by atoms with van der Waals surface area (Å²) in [5.41, 5.74) is 0. The first-order valence-corrected chi connectivity index (χ1v) is 7.09. The van der Waals surface area contributed by atoms with Gasteiger partial charge < -0.3 is 28.4 Å². The Kier molecular flexibility index (Phi) is 4.05. The minimum absolute atomic E-state index is 0.134. The molecule has 4 unspecified atom stereocenters. The molecule has 0 aliphatic carbocycles. The lowest BCUT2D eigenvalue weighted by molar-refractivity contribution is -0.355. The molecule has 0 aromatic heterocycles. The first kappa shape index (κ1) is 14.1. The third-order valence-electron chi connectivity index (χ3n) is 3.95. The lowest BCUT2D eigenvalue weighted by atomic mass is 10.0. The quantitative estimate of drug-likeness (QED) is 0.740. The fourth-order valence-corrected chi connectivity index (χ4v) is 3.18. The second kappa shape index (κ2) is 5.48. The number of ether oxygens (including phenoxy) is 6. The van der Waals surface area contributed by atoms with Crippen molar-refractivity contribution < 1.29 is 28.4 Å². The zero-order valence-electron chi connectivity index (χ0n) is 11.1. The zero-order valence-corrected chi connectivity index (χ0v) is 12.0. The Morgan fingerprint density at radius 3 is 2.47 bits per heavy atom. The lowest BCUT2D eigenvalue weighted by Gasteiger charge is -2.41. The SMILES string of the molecule is COC1C2COC(C3OCC(CS)CO3)(O2)C1OC. The van der Waals surface area contributed by atoms with Gasteiger partial charge in [-0.3, -0.25) is 0 Å². The minimum atomic E-state index is -1.01. The predicted molar refractivity (Wildman–Crippen MR) is 68.2 cm³/mol. The van der Waals surface area contributed by atoms with Gasteiger partial charge in [-0.1, -0.05) is 0 Å². The van der Waals surface area contributed by atoms with Gasteiger partial charge in [0.1, 0.15) is 18.3 Å². The van der Waals surface area contributed by atoms with E-state index < -0.39 is 12.1 Å². The monoisotopic (exact) mass is 292 g/mol. The molecule has 3 heterocycles. The molecular weight excluding hydrogens is 272 g/mol. The molecule has 4 atom stereocenters. The molecule has 3 saturated heterocycles. The highest BCUT2D eigenvalue weighted by molar-refractivity contribution is 7.80. The van der Waals surface area contributed by atoms with E-state index >= 15 is 0 Å². The standard InChI is InChI=1S/C12H20O6S/c1-13-9-8-5-17-12(18-8,10(9)14-2)11-15-3-7(6-19)4-16-11/h7-11,19H,3-6H2,1-2H3. The van der Waals surface area contributed by atoms with E-state index in [1.165, 1.54) is 0 Å². The van der Waals surface area contributed by atoms with Gasteiger partial charge in [-0.25, -0.2) is 0 Å². The van der Waals surface area contributed by atoms with Crippen molar-refractivity contribution in [2.75, 3.05) is 39.8 Å². The number of rotatable bonds is 4. The molecule has 0 radical (unpaired) electrons. The van der Waals surface area contributed by atoms with Crippen LogP contribution in [0.25, 0.3) is 0 Å². The minimum Gasteiger partial charge on any atom is -0.376 e. The average Bonchev–Trinajstić information content (AvgIpc) is 3.03. The summed E-state index contributed by atoms with van der Waals surface area (Å²) in [7, 11) is 3.26. The average molecular weight is 292 g/mol. The van der Waals surface area contributed by atoms with Crippen molar-refractivity contribution in [1.82, 2.24) is 0 Å². The first-order valence-electron chi connectivity index (χ1n) is 6.46. The third-order valence-corrected chi connectivity index (χ3v) is 4.47. The van der Waals surface area contributed by atoms with E-state index in [-0.39, 0.29) is 18.3 Å². The largest absolute Gasteiger partial charge is 0.376 e. The summed E-state index contributed by atoms with van der Waals surface area (Å²) in [5.74, 6) is 0.0222. The highest BCUT2D eigenvalue weighted by Gasteiger charge is 2.67. The van der Waals surface area contributed by atoms with Crippen LogP contribution in [0.5, 0.6) is 0 Å². The molecule has 3 aliphatic rings. The normalized spacial score (nSPS) is 49.7. The van der Waals surface area contributed by atoms with Gasteiger partial charge in [0.05, 0.1) is 19.8 Å². The molecule has 6 nitrogen and oxygen atoms in total. The third kappa shape index (κ3) is 2.12. The Morgan fingerprint density at radius 1 is 1.16 bits per heavy atom. The van der Waals surface area contributed by atoms with Crippen LogP contribution in [0.1, 0.15) is 0 Å². The summed E-state index contributed by atoms with van der Waals surface area (Å²) in [6, 6.07) is 0. The van der Waals surface area contributed by atoms with Crippen LogP contribution in [0.3, 0.4) is 0 Å². The maximum absolute atomic E-state index is 5.93. The summed E-state index contributed by atoms with van der Waals surface area (Å²) in [4.78, 5) is 0. The molecule has 0 aromatic rings. The fourth-order valence-electron chi connectivity index (χ4n) is 2.96. The van der Waals surface area contributed by atoms with Crippen LogP contribution < -0.4 is 0 Å². The Bertz CT molecular complexity index is 321. The van der Waals surface area contributed by atoms with E-state index in [9.17, 15) is 0 Å². The molecule has 0 aromatic carbocycles. The predicted octanol–water partition coefficient (Wildman–Crippen LogP) is 0.0606. The highest BCUT2D eigenvalue weighted by Crippen LogP contribution is 2.45. The molecule has 0 saturated carbocycles. The second-order valence-electron chi connectivity index (χ2n) is 5.09. The Balaban J connectivity index is 1.75. The number of thiol groups is 1. The highest BCUT2D eigenvalue weighted by atomic mass is 32.1. The first-order chi connectivity index (χ1) is 9.25. The van der Waals surface area contributed by atoms with Crippen LogP contribution in [0.4, 0.5) is 0 Å². The summed E-state index contributed by atoms with van der Waals surface area (Å²) < 4.78 is 34.2. The van der Waals surface area contributed by atoms with Crippen molar-refractivity contribution in [3.05, 3.63) is 0 Å². The summed E-state index contributed by atoms with van der Waals surface area (Å²) in [6.07, 6.45) is -1.23. The number of methoxy groups -OCH3 is 2. The van der Waals surface area contributed by atoms with Gasteiger partial charge in [0.2, 0.25) is 6.29 Å². The van der Waals surface area contributed by atoms with E-state index in [1.54, 1.807) is 14.2 Å². The van der Waals surface area contributed by atoms with E-state index in [4.69, 9.17) is 28.4 Å². The molecule has 3 rings (SSSR count). The van der Waals surface area contributed by atoms with Crippen LogP contribution in [-0.4, -0.2) is 70.2 Å². The van der Waals surface area contributed by atoms with Gasteiger partial charge in [0, 0.05) is 20.1 Å². The van der Waals surface area contributed by atoms with Gasteiger partial charge in [0.25, 0.3) is 5.79 Å². The molecule has 0 amide bonds. The number of hydrogen-bond donors (Lipinski definition) is 1. The van der Waals surface area contributed by atoms with Crippen molar-refractivity contribution in [2.24, 2.45) is 5.92 Å². The lowest BCUT2D eigenvalue weighted by Crippen LogP contribution is -2.60. The second-order valence-corrected chi connectivity index (χ2v) is 5.46. The van der Waals surface area contributed by atoms with Crippen molar-refractivity contribution in [2.45, 2.75) is 30.4 Å². The van der Waals surface area contributed by atoms with Gasteiger partial charge in [-0.2, -0.15) is 12.6 Å². The molecule has 3 fully saturated rings. The topological polar surface area (TPSA) is 55.4 Å². The van der Waals surface area contributed by atoms with Gasteiger partial charge in [-0.05, 0) is 5.75 Å². The zero-order chi connectivity index (χ0) is 13.5. The molecule has 7 heteroatoms. The summed E-state index contributed by atoms with van der Waals surface area (Å²) in [5, 5.41) is 0. The number of hydrogen-bond acceptors (Lipinski definition) is 7. The molecule has 0 spiro atoms. The van der Waals surface area contributed by atoms with Crippen LogP contribution in [0.15, 0.2) is 0 Å². The van der Waals surface area contributed by atoms with E-state index in [1.807, 2.05) is 0 Å². The summed E-state index contributed by atoms with van der Waals surface area (Å²) in [6.45, 7) is 1.64. The summed E-state index contributed by atoms with van der Waals surface area (Å²) >= 11 is 4.25. The van der Waals surface area contributed by atoms with Crippen LogP contribution >= 0.6 is 12.6 Å². The Morgan fingerprint density at radius 2 is 1.89 bits per heavy atom. The van der Waals surface area contributed by atoms with Crippen molar-refractivity contribution >= 4 is 12.6 Å². The molecule has 2 bridgehead atoms. The maximum atomic E-state index is 5.93. The number of fused-ring (bicyclic) bond motifs is 2. The van der Waals surface area contributed by atoms with Crippen LogP contribution in [-0.2, 0) is 28.4 Å². The van der Waals surface area contributed by atoms with Crippen LogP contribution in [0, 0.1) is 5.92 Å². The van der Waals surface area contributed by atoms with E-state index in [0.717, 1.165) is 5.75 Å². The Labute approximate surface area is 118 Å². The van der Waals surface area contributed by atoms with Crippen molar-refractivity contribution in [3.63, 3.8) is 0 Å². The molecular formula is C12H20O6S. The van der Waals surface area contributed by atoms with Crippen LogP contribution in [0.2, 0.25) is 0 Å². The smallest absolute Gasteiger partial charge is 0.251 e. The van der Waals surface area contributed by atoms with Gasteiger partial charge in [-0.15, -0.1) is 0 Å². The molecule has 19 heavy (non-hydrogen) atoms. The molecule has 110 valence electrons. The van der Waals surface area contributed by atoms with Crippen molar-refractivity contribution in [1.29, 1.82) is 0 Å². The molecule has 0 N–H and O–H groups in total. The van der Waals surface area contributed by atoms with Gasteiger partial charge >= 0.3 is 0 Å². The van der Waals surface area contributed by atoms with Crippen molar-refractivity contribution in [3.8, 4) is 0 Å². The Hall–Kier alpha value is 0.110. The van der Waals surface area contributed by atoms with Gasteiger partial charge in [0.15, 0.2) is 0 Å².